The Kier molecular flexibility index (Phi) is 5.71. The summed E-state index contributed by atoms with van der Waals surface area (Å²) in [6.45, 7) is 5.26. The van der Waals surface area contributed by atoms with Crippen molar-refractivity contribution in [2.75, 3.05) is 19.8 Å². The van der Waals surface area contributed by atoms with Gasteiger partial charge < -0.3 is 19.2 Å². The second-order valence-electron chi connectivity index (χ2n) is 4.84. The predicted octanol–water partition coefficient (Wildman–Crippen LogP) is 2.34. The van der Waals surface area contributed by atoms with E-state index in [1.165, 1.54) is 12.8 Å². The molecular formula is C14H23NO3. The SMILES string of the molecule is CC(CNCc1ccco1)OCC1CCCCO1. The zero-order chi connectivity index (χ0) is 12.6. The maximum absolute atomic E-state index is 5.78. The summed E-state index contributed by atoms with van der Waals surface area (Å²) in [5.74, 6) is 0.956. The summed E-state index contributed by atoms with van der Waals surface area (Å²) >= 11 is 0. The first kappa shape index (κ1) is 13.6. The molecule has 102 valence electrons. The highest BCUT2D eigenvalue weighted by molar-refractivity contribution is 4.97. The van der Waals surface area contributed by atoms with Gasteiger partial charge in [0, 0.05) is 13.2 Å². The molecule has 0 amide bonds. The van der Waals surface area contributed by atoms with Gasteiger partial charge in [-0.15, -0.1) is 0 Å². The number of ether oxygens (including phenoxy) is 2. The van der Waals surface area contributed by atoms with E-state index in [0.29, 0.717) is 12.7 Å². The molecule has 2 unspecified atom stereocenters. The van der Waals surface area contributed by atoms with Gasteiger partial charge in [-0.25, -0.2) is 0 Å². The van der Waals surface area contributed by atoms with Gasteiger partial charge in [0.2, 0.25) is 0 Å². The van der Waals surface area contributed by atoms with Gasteiger partial charge in [-0.2, -0.15) is 0 Å². The molecule has 1 N–H and O–H groups in total. The van der Waals surface area contributed by atoms with Gasteiger partial charge in [0.05, 0.1) is 31.6 Å². The third-order valence-corrected chi connectivity index (χ3v) is 3.15. The van der Waals surface area contributed by atoms with Crippen LogP contribution in [0.25, 0.3) is 0 Å². The highest BCUT2D eigenvalue weighted by Gasteiger charge is 2.15. The van der Waals surface area contributed by atoms with Crippen LogP contribution in [0.5, 0.6) is 0 Å². The van der Waals surface area contributed by atoms with Crippen molar-refractivity contribution in [3.63, 3.8) is 0 Å². The van der Waals surface area contributed by atoms with Crippen LogP contribution in [0, 0.1) is 0 Å². The summed E-state index contributed by atoms with van der Waals surface area (Å²) in [5.41, 5.74) is 0. The Balaban J connectivity index is 1.53. The summed E-state index contributed by atoms with van der Waals surface area (Å²) in [4.78, 5) is 0. The van der Waals surface area contributed by atoms with Crippen molar-refractivity contribution >= 4 is 0 Å². The first-order chi connectivity index (χ1) is 8.84. The molecule has 1 aromatic heterocycles. The minimum atomic E-state index is 0.200. The third-order valence-electron chi connectivity index (χ3n) is 3.15. The molecule has 1 aromatic rings. The minimum absolute atomic E-state index is 0.200. The van der Waals surface area contributed by atoms with E-state index < -0.39 is 0 Å². The first-order valence-corrected chi connectivity index (χ1v) is 6.81. The summed E-state index contributed by atoms with van der Waals surface area (Å²) in [5, 5.41) is 3.32. The van der Waals surface area contributed by atoms with Crippen molar-refractivity contribution in [1.29, 1.82) is 0 Å². The fraction of sp³-hybridized carbons (Fsp3) is 0.714. The lowest BCUT2D eigenvalue weighted by molar-refractivity contribution is -0.0584. The van der Waals surface area contributed by atoms with E-state index in [0.717, 1.165) is 31.9 Å². The largest absolute Gasteiger partial charge is 0.468 e. The number of hydrogen-bond donors (Lipinski definition) is 1. The van der Waals surface area contributed by atoms with E-state index >= 15 is 0 Å². The Hall–Kier alpha value is -0.840. The van der Waals surface area contributed by atoms with E-state index in [4.69, 9.17) is 13.9 Å². The molecule has 0 bridgehead atoms. The molecule has 0 aliphatic carbocycles. The Morgan fingerprint density at radius 2 is 2.44 bits per heavy atom. The van der Waals surface area contributed by atoms with Crippen LogP contribution in [0.15, 0.2) is 22.8 Å². The van der Waals surface area contributed by atoms with Crippen molar-refractivity contribution in [2.24, 2.45) is 0 Å². The zero-order valence-electron chi connectivity index (χ0n) is 11.1. The first-order valence-electron chi connectivity index (χ1n) is 6.81. The minimum Gasteiger partial charge on any atom is -0.468 e. The van der Waals surface area contributed by atoms with Crippen molar-refractivity contribution in [3.8, 4) is 0 Å². The lowest BCUT2D eigenvalue weighted by atomic mass is 10.1. The summed E-state index contributed by atoms with van der Waals surface area (Å²) < 4.78 is 16.7. The average Bonchev–Trinajstić information content (AvgIpc) is 2.91. The molecule has 0 spiro atoms. The third kappa shape index (κ3) is 4.80. The second kappa shape index (κ2) is 7.56. The van der Waals surface area contributed by atoms with E-state index in [-0.39, 0.29) is 6.10 Å². The van der Waals surface area contributed by atoms with Gasteiger partial charge in [-0.3, -0.25) is 0 Å². The Morgan fingerprint density at radius 1 is 1.50 bits per heavy atom. The number of furan rings is 1. The highest BCUT2D eigenvalue weighted by Crippen LogP contribution is 2.13. The zero-order valence-corrected chi connectivity index (χ0v) is 11.1. The predicted molar refractivity (Wildman–Crippen MR) is 69.4 cm³/mol. The van der Waals surface area contributed by atoms with Gasteiger partial charge in [-0.1, -0.05) is 0 Å². The van der Waals surface area contributed by atoms with Crippen LogP contribution < -0.4 is 5.32 Å². The molecule has 4 heteroatoms. The molecule has 0 aromatic carbocycles. The smallest absolute Gasteiger partial charge is 0.117 e. The topological polar surface area (TPSA) is 43.6 Å². The fourth-order valence-corrected chi connectivity index (χ4v) is 2.08. The van der Waals surface area contributed by atoms with Crippen LogP contribution in [0.3, 0.4) is 0 Å². The molecule has 1 saturated heterocycles. The van der Waals surface area contributed by atoms with Gasteiger partial charge >= 0.3 is 0 Å². The quantitative estimate of drug-likeness (QED) is 0.810. The van der Waals surface area contributed by atoms with Gasteiger partial charge in [-0.05, 0) is 38.3 Å². The van der Waals surface area contributed by atoms with Crippen LogP contribution in [-0.4, -0.2) is 32.0 Å². The molecule has 4 nitrogen and oxygen atoms in total. The molecule has 1 aliphatic heterocycles. The van der Waals surface area contributed by atoms with Gasteiger partial charge in [0.15, 0.2) is 0 Å². The Labute approximate surface area is 109 Å². The normalized spacial score (nSPS) is 21.9. The lowest BCUT2D eigenvalue weighted by Crippen LogP contribution is -2.31. The highest BCUT2D eigenvalue weighted by atomic mass is 16.5. The Morgan fingerprint density at radius 3 is 3.17 bits per heavy atom. The maximum atomic E-state index is 5.78. The molecule has 18 heavy (non-hydrogen) atoms. The molecule has 2 heterocycles. The van der Waals surface area contributed by atoms with Crippen molar-refractivity contribution in [2.45, 2.75) is 44.9 Å². The Bertz CT molecular complexity index is 307. The molecule has 0 radical (unpaired) electrons. The van der Waals surface area contributed by atoms with Gasteiger partial charge in [0.25, 0.3) is 0 Å². The molecule has 2 rings (SSSR count). The van der Waals surface area contributed by atoms with Crippen LogP contribution in [0.2, 0.25) is 0 Å². The van der Waals surface area contributed by atoms with Crippen molar-refractivity contribution in [1.82, 2.24) is 5.32 Å². The fourth-order valence-electron chi connectivity index (χ4n) is 2.08. The molecule has 1 fully saturated rings. The summed E-state index contributed by atoms with van der Waals surface area (Å²) in [7, 11) is 0. The van der Waals surface area contributed by atoms with E-state index in [9.17, 15) is 0 Å². The number of hydrogen-bond acceptors (Lipinski definition) is 4. The maximum Gasteiger partial charge on any atom is 0.117 e. The van der Waals surface area contributed by atoms with Crippen LogP contribution >= 0.6 is 0 Å². The van der Waals surface area contributed by atoms with E-state index in [1.807, 2.05) is 12.1 Å². The van der Waals surface area contributed by atoms with Crippen LogP contribution in [0.4, 0.5) is 0 Å². The standard InChI is InChI=1S/C14H23NO3/c1-12(9-15-10-13-6-4-8-16-13)18-11-14-5-2-3-7-17-14/h4,6,8,12,14-15H,2-3,5,7,9-11H2,1H3. The van der Waals surface area contributed by atoms with Crippen molar-refractivity contribution < 1.29 is 13.9 Å². The molecule has 1 aliphatic rings. The van der Waals surface area contributed by atoms with E-state index in [2.05, 4.69) is 12.2 Å². The number of rotatable bonds is 7. The lowest BCUT2D eigenvalue weighted by Gasteiger charge is -2.24. The van der Waals surface area contributed by atoms with Gasteiger partial charge in [0.1, 0.15) is 5.76 Å². The van der Waals surface area contributed by atoms with Crippen molar-refractivity contribution in [3.05, 3.63) is 24.2 Å². The van der Waals surface area contributed by atoms with Crippen LogP contribution in [0.1, 0.15) is 31.9 Å². The second-order valence-corrected chi connectivity index (χ2v) is 4.84. The molecular weight excluding hydrogens is 230 g/mol. The number of nitrogens with one attached hydrogen (secondary N) is 1. The van der Waals surface area contributed by atoms with E-state index in [1.54, 1.807) is 6.26 Å². The summed E-state index contributed by atoms with van der Waals surface area (Å²) in [6.07, 6.45) is 5.77. The monoisotopic (exact) mass is 253 g/mol. The molecule has 2 atom stereocenters. The average molecular weight is 253 g/mol. The molecule has 0 saturated carbocycles. The summed E-state index contributed by atoms with van der Waals surface area (Å²) in [6, 6.07) is 3.87. The van der Waals surface area contributed by atoms with Crippen LogP contribution in [-0.2, 0) is 16.0 Å².